The number of halogens is 5. The molecule has 1 aromatic heterocycles. The fourth-order valence-electron chi connectivity index (χ4n) is 8.23. The molecule has 4 aliphatic rings. The van der Waals surface area contributed by atoms with Crippen LogP contribution in [-0.2, 0) is 16.4 Å². The molecule has 2 aromatic rings. The second-order valence-corrected chi connectivity index (χ2v) is 13.7. The number of aromatic nitrogens is 2. The molecule has 0 spiro atoms. The molecule has 44 heavy (non-hydrogen) atoms. The Kier molecular flexibility index (Phi) is 8.08. The van der Waals surface area contributed by atoms with Gasteiger partial charge in [0.15, 0.2) is 5.78 Å². The molecule has 4 fully saturated rings. The number of alkyl halides is 5. The van der Waals surface area contributed by atoms with Crippen LogP contribution in [0.5, 0.6) is 0 Å². The minimum absolute atomic E-state index is 0.0746. The topological polar surface area (TPSA) is 66.4 Å². The Morgan fingerprint density at radius 1 is 0.955 bits per heavy atom. The van der Waals surface area contributed by atoms with Crippen molar-refractivity contribution in [1.29, 1.82) is 0 Å². The molecule has 2 unspecified atom stereocenters. The van der Waals surface area contributed by atoms with Gasteiger partial charge in [0.05, 0.1) is 17.0 Å². The number of benzene rings is 1. The maximum atomic E-state index is 13.4. The number of carbonyl (C=O) groups is 2. The van der Waals surface area contributed by atoms with E-state index in [0.717, 1.165) is 38.9 Å². The highest BCUT2D eigenvalue weighted by atomic mass is 19.4. The first-order chi connectivity index (χ1) is 20.7. The SMILES string of the molecule is Cc1nc(C(F)(F)F)nc(C)c1C(=O)CCC1CC2CN(CCC3(c4ccccc4)CN(C(=O)C4CC(F)(F)C4)C3)CC2C1. The van der Waals surface area contributed by atoms with E-state index in [1.165, 1.54) is 19.4 Å². The third-order valence-electron chi connectivity index (χ3n) is 10.5. The number of ketones is 1. The first-order valence-electron chi connectivity index (χ1n) is 15.6. The molecule has 0 radical (unpaired) electrons. The first-order valence-corrected chi connectivity index (χ1v) is 15.6. The Morgan fingerprint density at radius 3 is 2.09 bits per heavy atom. The summed E-state index contributed by atoms with van der Waals surface area (Å²) < 4.78 is 65.8. The third-order valence-corrected chi connectivity index (χ3v) is 10.5. The van der Waals surface area contributed by atoms with E-state index in [0.29, 0.717) is 37.3 Å². The highest BCUT2D eigenvalue weighted by Gasteiger charge is 2.54. The highest BCUT2D eigenvalue weighted by molar-refractivity contribution is 5.98. The van der Waals surface area contributed by atoms with Gasteiger partial charge in [-0.2, -0.15) is 13.2 Å². The Morgan fingerprint density at radius 2 is 1.55 bits per heavy atom. The Hall–Kier alpha value is -2.95. The van der Waals surface area contributed by atoms with E-state index in [1.54, 1.807) is 4.90 Å². The molecule has 6 nitrogen and oxygen atoms in total. The fraction of sp³-hybridized carbons (Fsp3) is 0.636. The van der Waals surface area contributed by atoms with Gasteiger partial charge in [0.25, 0.3) is 0 Å². The molecular formula is C33H39F5N4O2. The molecule has 238 valence electrons. The van der Waals surface area contributed by atoms with Crippen molar-refractivity contribution >= 4 is 11.7 Å². The summed E-state index contributed by atoms with van der Waals surface area (Å²) in [6, 6.07) is 10.2. The van der Waals surface area contributed by atoms with Gasteiger partial charge in [0, 0.05) is 56.8 Å². The van der Waals surface area contributed by atoms with Crippen molar-refractivity contribution in [3.05, 3.63) is 58.7 Å². The standard InChI is InChI=1S/C33H39F5N4O2/c1-20-28(21(2)40-30(39-20)33(36,37)38)27(43)9-8-22-12-23-16-41(17-24(23)13-22)11-10-31(26-6-4-3-5-7-26)18-42(19-31)29(44)25-14-32(34,35)15-25/h3-7,22-25H,8-19H2,1-2H3. The predicted molar refractivity (Wildman–Crippen MR) is 153 cm³/mol. The number of rotatable bonds is 9. The minimum atomic E-state index is -4.65. The van der Waals surface area contributed by atoms with Gasteiger partial charge in [-0.05, 0) is 69.4 Å². The van der Waals surface area contributed by atoms with Crippen molar-refractivity contribution in [2.75, 3.05) is 32.7 Å². The van der Waals surface area contributed by atoms with Crippen LogP contribution in [0.1, 0.15) is 78.1 Å². The zero-order valence-corrected chi connectivity index (χ0v) is 25.2. The first kappa shape index (κ1) is 31.0. The quantitative estimate of drug-likeness (QED) is 0.246. The van der Waals surface area contributed by atoms with E-state index >= 15 is 0 Å². The van der Waals surface area contributed by atoms with Gasteiger partial charge < -0.3 is 9.80 Å². The summed E-state index contributed by atoms with van der Waals surface area (Å²) in [5, 5.41) is 0. The molecule has 2 saturated carbocycles. The lowest BCUT2D eigenvalue weighted by Gasteiger charge is -2.53. The fourth-order valence-corrected chi connectivity index (χ4v) is 8.23. The van der Waals surface area contributed by atoms with E-state index in [-0.39, 0.29) is 53.3 Å². The largest absolute Gasteiger partial charge is 0.451 e. The van der Waals surface area contributed by atoms with E-state index in [9.17, 15) is 31.5 Å². The van der Waals surface area contributed by atoms with Crippen LogP contribution in [0.15, 0.2) is 30.3 Å². The molecule has 3 heterocycles. The van der Waals surface area contributed by atoms with E-state index in [1.807, 2.05) is 18.2 Å². The van der Waals surface area contributed by atoms with Crippen molar-refractivity contribution in [1.82, 2.24) is 19.8 Å². The van der Waals surface area contributed by atoms with E-state index < -0.39 is 23.8 Å². The van der Waals surface area contributed by atoms with Gasteiger partial charge in [-0.3, -0.25) is 9.59 Å². The number of amides is 1. The smallest absolute Gasteiger partial charge is 0.341 e. The summed E-state index contributed by atoms with van der Waals surface area (Å²) in [6.45, 7) is 6.89. The van der Waals surface area contributed by atoms with Crippen molar-refractivity contribution in [2.45, 2.75) is 76.3 Å². The predicted octanol–water partition coefficient (Wildman–Crippen LogP) is 6.25. The van der Waals surface area contributed by atoms with Gasteiger partial charge in [0.2, 0.25) is 17.7 Å². The summed E-state index contributed by atoms with van der Waals surface area (Å²) >= 11 is 0. The monoisotopic (exact) mass is 618 g/mol. The number of hydrogen-bond acceptors (Lipinski definition) is 5. The molecule has 2 saturated heterocycles. The molecule has 1 amide bonds. The van der Waals surface area contributed by atoms with Gasteiger partial charge >= 0.3 is 6.18 Å². The zero-order chi connectivity index (χ0) is 31.4. The normalized spacial score (nSPS) is 26.2. The molecule has 2 aliphatic heterocycles. The van der Waals surface area contributed by atoms with Gasteiger partial charge in [-0.25, -0.2) is 18.7 Å². The van der Waals surface area contributed by atoms with E-state index in [4.69, 9.17) is 0 Å². The molecule has 1 aromatic carbocycles. The second-order valence-electron chi connectivity index (χ2n) is 13.7. The second kappa shape index (κ2) is 11.4. The van der Waals surface area contributed by atoms with Gasteiger partial charge in [-0.1, -0.05) is 30.3 Å². The molecule has 0 N–H and O–H groups in total. The minimum Gasteiger partial charge on any atom is -0.341 e. The molecule has 2 aliphatic carbocycles. The van der Waals surface area contributed by atoms with Crippen molar-refractivity contribution in [3.63, 3.8) is 0 Å². The number of carbonyl (C=O) groups excluding carboxylic acids is 2. The number of nitrogens with zero attached hydrogens (tertiary/aromatic N) is 4. The van der Waals surface area contributed by atoms with Gasteiger partial charge in [-0.15, -0.1) is 0 Å². The average Bonchev–Trinajstić information content (AvgIpc) is 3.48. The van der Waals surface area contributed by atoms with Crippen LogP contribution in [0.2, 0.25) is 0 Å². The van der Waals surface area contributed by atoms with Crippen molar-refractivity contribution in [3.8, 4) is 0 Å². The maximum Gasteiger partial charge on any atom is 0.451 e. The van der Waals surface area contributed by atoms with Crippen LogP contribution < -0.4 is 0 Å². The van der Waals surface area contributed by atoms with Gasteiger partial charge in [0.1, 0.15) is 0 Å². The van der Waals surface area contributed by atoms with E-state index in [2.05, 4.69) is 27.0 Å². The molecule has 0 bridgehead atoms. The van der Waals surface area contributed by atoms with Crippen LogP contribution in [0.3, 0.4) is 0 Å². The summed E-state index contributed by atoms with van der Waals surface area (Å²) in [5.74, 6) is -3.29. The molecule has 6 rings (SSSR count). The zero-order valence-electron chi connectivity index (χ0n) is 25.2. The number of Topliss-reactive ketones (excluding diaryl/α,β-unsaturated/α-hetero) is 1. The van der Waals surface area contributed by atoms with Crippen molar-refractivity contribution < 1.29 is 31.5 Å². The number of fused-ring (bicyclic) bond motifs is 1. The third kappa shape index (κ3) is 6.13. The molecule has 2 atom stereocenters. The summed E-state index contributed by atoms with van der Waals surface area (Å²) in [6.07, 6.45) is -1.37. The summed E-state index contributed by atoms with van der Waals surface area (Å²) in [7, 11) is 0. The average molecular weight is 619 g/mol. The lowest BCUT2D eigenvalue weighted by molar-refractivity contribution is -0.167. The number of hydrogen-bond donors (Lipinski definition) is 0. The lowest BCUT2D eigenvalue weighted by Crippen LogP contribution is -2.64. The van der Waals surface area contributed by atoms with Crippen molar-refractivity contribution in [2.24, 2.45) is 23.7 Å². The Bertz CT molecular complexity index is 1360. The van der Waals surface area contributed by atoms with Crippen LogP contribution in [-0.4, -0.2) is 70.1 Å². The maximum absolute atomic E-state index is 13.4. The molecular weight excluding hydrogens is 579 g/mol. The van der Waals surface area contributed by atoms with Crippen LogP contribution in [0, 0.1) is 37.5 Å². The highest BCUT2D eigenvalue weighted by Crippen LogP contribution is 2.47. The summed E-state index contributed by atoms with van der Waals surface area (Å²) in [5.41, 5.74) is 1.38. The van der Waals surface area contributed by atoms with Crippen LogP contribution >= 0.6 is 0 Å². The van der Waals surface area contributed by atoms with Crippen LogP contribution in [0.25, 0.3) is 0 Å². The van der Waals surface area contributed by atoms with Crippen LogP contribution in [0.4, 0.5) is 22.0 Å². The Balaban J connectivity index is 0.990. The lowest BCUT2D eigenvalue weighted by atomic mass is 9.69. The number of aryl methyl sites for hydroxylation is 2. The molecule has 11 heteroatoms. The Labute approximate surface area is 254 Å². The number of likely N-dealkylation sites (tertiary alicyclic amines) is 2. The summed E-state index contributed by atoms with van der Waals surface area (Å²) in [4.78, 5) is 37.1.